The van der Waals surface area contributed by atoms with E-state index < -0.39 is 0 Å². The molecule has 18 heavy (non-hydrogen) atoms. The van der Waals surface area contributed by atoms with E-state index in [1.165, 1.54) is 0 Å². The van der Waals surface area contributed by atoms with Crippen molar-refractivity contribution in [3.63, 3.8) is 0 Å². The molecule has 0 unspecified atom stereocenters. The molecule has 1 aliphatic heterocycles. The highest BCUT2D eigenvalue weighted by molar-refractivity contribution is 9.10. The van der Waals surface area contributed by atoms with Crippen LogP contribution in [0.3, 0.4) is 0 Å². The lowest BCUT2D eigenvalue weighted by Gasteiger charge is -2.36. The first-order valence-corrected chi connectivity index (χ1v) is 7.07. The van der Waals surface area contributed by atoms with Gasteiger partial charge in [-0.1, -0.05) is 15.9 Å². The maximum atomic E-state index is 11.2. The van der Waals surface area contributed by atoms with Gasteiger partial charge < -0.3 is 9.80 Å². The van der Waals surface area contributed by atoms with Crippen LogP contribution < -0.4 is 4.90 Å². The van der Waals surface area contributed by atoms with Gasteiger partial charge in [0.1, 0.15) is 0 Å². The van der Waals surface area contributed by atoms with Gasteiger partial charge in [-0.05, 0) is 51.2 Å². The van der Waals surface area contributed by atoms with Gasteiger partial charge in [-0.15, -0.1) is 0 Å². The summed E-state index contributed by atoms with van der Waals surface area (Å²) in [4.78, 5) is 15.8. The van der Waals surface area contributed by atoms with Crippen molar-refractivity contribution in [2.75, 3.05) is 32.1 Å². The van der Waals surface area contributed by atoms with Gasteiger partial charge in [0.15, 0.2) is 6.29 Å². The van der Waals surface area contributed by atoms with Crippen molar-refractivity contribution < 1.29 is 4.79 Å². The van der Waals surface area contributed by atoms with Gasteiger partial charge in [0, 0.05) is 28.8 Å². The van der Waals surface area contributed by atoms with Crippen molar-refractivity contribution in [2.45, 2.75) is 18.9 Å². The molecule has 3 nitrogen and oxygen atoms in total. The lowest BCUT2D eigenvalue weighted by molar-refractivity contribution is 0.112. The van der Waals surface area contributed by atoms with Gasteiger partial charge in [0.2, 0.25) is 0 Å². The summed E-state index contributed by atoms with van der Waals surface area (Å²) in [5.74, 6) is 0. The van der Waals surface area contributed by atoms with Crippen LogP contribution in [0, 0.1) is 0 Å². The number of carbonyl (C=O) groups is 1. The summed E-state index contributed by atoms with van der Waals surface area (Å²) >= 11 is 3.41. The topological polar surface area (TPSA) is 23.6 Å². The highest BCUT2D eigenvalue weighted by Gasteiger charge is 2.22. The largest absolute Gasteiger partial charge is 0.371 e. The van der Waals surface area contributed by atoms with Crippen molar-refractivity contribution in [1.29, 1.82) is 0 Å². The number of hydrogen-bond donors (Lipinski definition) is 0. The van der Waals surface area contributed by atoms with E-state index in [1.807, 2.05) is 18.2 Å². The summed E-state index contributed by atoms with van der Waals surface area (Å²) in [6.45, 7) is 2.25. The van der Waals surface area contributed by atoms with Gasteiger partial charge in [0.05, 0.1) is 0 Å². The van der Waals surface area contributed by atoms with Crippen LogP contribution in [0.4, 0.5) is 5.69 Å². The van der Waals surface area contributed by atoms with E-state index in [2.05, 4.69) is 39.8 Å². The summed E-state index contributed by atoms with van der Waals surface area (Å²) < 4.78 is 0.949. The molecular weight excluding hydrogens is 292 g/mol. The number of carbonyl (C=O) groups excluding carboxylic acids is 1. The predicted octanol–water partition coefficient (Wildman–Crippen LogP) is 2.79. The summed E-state index contributed by atoms with van der Waals surface area (Å²) in [7, 11) is 4.25. The number of aldehydes is 1. The fourth-order valence-electron chi connectivity index (χ4n) is 2.52. The maximum Gasteiger partial charge on any atom is 0.152 e. The Balaban J connectivity index is 2.17. The minimum Gasteiger partial charge on any atom is -0.371 e. The summed E-state index contributed by atoms with van der Waals surface area (Å²) in [6, 6.07) is 6.43. The fourth-order valence-corrected chi connectivity index (χ4v) is 2.90. The summed E-state index contributed by atoms with van der Waals surface area (Å²) in [5.41, 5.74) is 1.79. The average molecular weight is 311 g/mol. The molecule has 0 aromatic heterocycles. The lowest BCUT2D eigenvalue weighted by Crippen LogP contribution is -2.42. The molecule has 98 valence electrons. The maximum absolute atomic E-state index is 11.2. The van der Waals surface area contributed by atoms with Crippen molar-refractivity contribution in [2.24, 2.45) is 0 Å². The second-order valence-electron chi connectivity index (χ2n) is 4.97. The number of rotatable bonds is 3. The second kappa shape index (κ2) is 5.85. The quantitative estimate of drug-likeness (QED) is 0.802. The number of benzene rings is 1. The Morgan fingerprint density at radius 2 is 2.06 bits per heavy atom. The van der Waals surface area contributed by atoms with Gasteiger partial charge in [0.25, 0.3) is 0 Å². The molecule has 0 saturated carbocycles. The minimum absolute atomic E-state index is 0.529. The monoisotopic (exact) mass is 310 g/mol. The standard InChI is InChI=1S/C14H19BrN2O/c1-16-7-5-13(6-8-16)17(2)14-4-3-12(15)9-11(14)10-18/h3-4,9-10,13H,5-8H2,1-2H3. The zero-order valence-electron chi connectivity index (χ0n) is 10.9. The van der Waals surface area contributed by atoms with Crippen LogP contribution in [0.15, 0.2) is 22.7 Å². The Bertz CT molecular complexity index is 428. The zero-order valence-corrected chi connectivity index (χ0v) is 12.5. The number of halogens is 1. The molecule has 1 fully saturated rings. The molecule has 1 aromatic carbocycles. The Morgan fingerprint density at radius 3 is 2.67 bits per heavy atom. The van der Waals surface area contributed by atoms with Crippen molar-refractivity contribution >= 4 is 27.9 Å². The SMILES string of the molecule is CN1CCC(N(C)c2ccc(Br)cc2C=O)CC1. The fraction of sp³-hybridized carbons (Fsp3) is 0.500. The van der Waals surface area contributed by atoms with E-state index >= 15 is 0 Å². The van der Waals surface area contributed by atoms with Crippen LogP contribution in [0.2, 0.25) is 0 Å². The van der Waals surface area contributed by atoms with Crippen LogP contribution >= 0.6 is 15.9 Å². The third kappa shape index (κ3) is 2.93. The van der Waals surface area contributed by atoms with Gasteiger partial charge in [-0.3, -0.25) is 4.79 Å². The van der Waals surface area contributed by atoms with E-state index in [1.54, 1.807) is 0 Å². The van der Waals surface area contributed by atoms with E-state index in [4.69, 9.17) is 0 Å². The number of likely N-dealkylation sites (tertiary alicyclic amines) is 1. The molecule has 0 bridgehead atoms. The van der Waals surface area contributed by atoms with Crippen molar-refractivity contribution in [3.05, 3.63) is 28.2 Å². The molecule has 0 spiro atoms. The minimum atomic E-state index is 0.529. The van der Waals surface area contributed by atoms with E-state index in [0.717, 1.165) is 47.9 Å². The van der Waals surface area contributed by atoms with Crippen molar-refractivity contribution in [1.82, 2.24) is 4.90 Å². The van der Waals surface area contributed by atoms with Gasteiger partial charge in [-0.2, -0.15) is 0 Å². The van der Waals surface area contributed by atoms with Crippen molar-refractivity contribution in [3.8, 4) is 0 Å². The number of nitrogens with zero attached hydrogens (tertiary/aromatic N) is 2. The lowest BCUT2D eigenvalue weighted by atomic mass is 10.0. The molecule has 1 aliphatic rings. The van der Waals surface area contributed by atoms with E-state index in [9.17, 15) is 4.79 Å². The molecule has 4 heteroatoms. The average Bonchev–Trinajstić information content (AvgIpc) is 2.38. The normalized spacial score (nSPS) is 17.7. The van der Waals surface area contributed by atoms with E-state index in [-0.39, 0.29) is 0 Å². The molecule has 0 amide bonds. The zero-order chi connectivity index (χ0) is 13.1. The van der Waals surface area contributed by atoms with Crippen LogP contribution in [0.25, 0.3) is 0 Å². The number of hydrogen-bond acceptors (Lipinski definition) is 3. The third-order valence-electron chi connectivity index (χ3n) is 3.73. The highest BCUT2D eigenvalue weighted by atomic mass is 79.9. The molecule has 0 aliphatic carbocycles. The summed E-state index contributed by atoms with van der Waals surface area (Å²) in [5, 5.41) is 0. The molecular formula is C14H19BrN2O. The van der Waals surface area contributed by atoms with Crippen LogP contribution in [0.5, 0.6) is 0 Å². The Hall–Kier alpha value is -0.870. The predicted molar refractivity (Wildman–Crippen MR) is 78.5 cm³/mol. The second-order valence-corrected chi connectivity index (χ2v) is 5.88. The Labute approximate surface area is 117 Å². The van der Waals surface area contributed by atoms with Gasteiger partial charge in [-0.25, -0.2) is 0 Å². The molecule has 1 saturated heterocycles. The molecule has 1 heterocycles. The Kier molecular flexibility index (Phi) is 4.40. The first kappa shape index (κ1) is 13.6. The van der Waals surface area contributed by atoms with Crippen LogP contribution in [0.1, 0.15) is 23.2 Å². The number of piperidine rings is 1. The van der Waals surface area contributed by atoms with Crippen LogP contribution in [-0.4, -0.2) is 44.4 Å². The number of anilines is 1. The summed E-state index contributed by atoms with van der Waals surface area (Å²) in [6.07, 6.45) is 3.24. The van der Waals surface area contributed by atoms with E-state index in [0.29, 0.717) is 6.04 Å². The highest BCUT2D eigenvalue weighted by Crippen LogP contribution is 2.26. The first-order chi connectivity index (χ1) is 8.61. The Morgan fingerprint density at radius 1 is 1.39 bits per heavy atom. The molecule has 2 rings (SSSR count). The molecule has 0 atom stereocenters. The molecule has 0 N–H and O–H groups in total. The van der Waals surface area contributed by atoms with Gasteiger partial charge >= 0.3 is 0 Å². The molecule has 1 aromatic rings. The third-order valence-corrected chi connectivity index (χ3v) is 4.23. The first-order valence-electron chi connectivity index (χ1n) is 6.28. The van der Waals surface area contributed by atoms with Crippen LogP contribution in [-0.2, 0) is 0 Å². The smallest absolute Gasteiger partial charge is 0.152 e. The molecule has 0 radical (unpaired) electrons.